The van der Waals surface area contributed by atoms with Crippen molar-refractivity contribution in [1.29, 1.82) is 0 Å². The van der Waals surface area contributed by atoms with Gasteiger partial charge in [-0.3, -0.25) is 4.68 Å². The van der Waals surface area contributed by atoms with Crippen molar-refractivity contribution in [3.8, 4) is 0 Å². The van der Waals surface area contributed by atoms with Crippen LogP contribution in [0.3, 0.4) is 0 Å². The molecule has 2 heterocycles. The molecule has 0 saturated heterocycles. The number of urea groups is 1. The van der Waals surface area contributed by atoms with E-state index in [4.69, 9.17) is 5.14 Å². The topological polar surface area (TPSA) is 115 Å². The number of pyridine rings is 1. The molecule has 1 atom stereocenters. The van der Waals surface area contributed by atoms with Crippen LogP contribution in [-0.2, 0) is 36.0 Å². The molecule has 0 bridgehead atoms. The fourth-order valence-corrected chi connectivity index (χ4v) is 3.87. The zero-order valence-corrected chi connectivity index (χ0v) is 15.3. The summed E-state index contributed by atoms with van der Waals surface area (Å²) in [5.74, 6) is 0. The number of carbonyl (C=O) groups excluding carboxylic acids is 1. The van der Waals surface area contributed by atoms with Crippen molar-refractivity contribution in [2.75, 3.05) is 5.32 Å². The third-order valence-corrected chi connectivity index (χ3v) is 5.43. The second kappa shape index (κ2) is 6.60. The van der Waals surface area contributed by atoms with E-state index in [0.717, 1.165) is 0 Å². The third kappa shape index (κ3) is 3.81. The molecule has 2 amide bonds. The molecule has 1 aliphatic carbocycles. The Balaban J connectivity index is 2.01. The molecule has 3 N–H and O–H groups in total. The van der Waals surface area contributed by atoms with Crippen LogP contribution >= 0.6 is 0 Å². The van der Waals surface area contributed by atoms with Gasteiger partial charge in [-0.2, -0.15) is 18.3 Å². The van der Waals surface area contributed by atoms with Crippen molar-refractivity contribution in [3.05, 3.63) is 34.8 Å². The quantitative estimate of drug-likeness (QED) is 0.803. The van der Waals surface area contributed by atoms with Crippen molar-refractivity contribution in [1.82, 2.24) is 14.8 Å². The number of anilines is 1. The van der Waals surface area contributed by atoms with Crippen LogP contribution < -0.4 is 10.5 Å². The van der Waals surface area contributed by atoms with E-state index in [9.17, 15) is 22.2 Å². The predicted octanol–water partition coefficient (Wildman–Crippen LogP) is 2.56. The number of rotatable bonds is 2. The van der Waals surface area contributed by atoms with Crippen molar-refractivity contribution in [2.45, 2.75) is 37.4 Å². The zero-order valence-electron chi connectivity index (χ0n) is 14.5. The normalized spacial score (nSPS) is 15.9. The molecular formula is C15H17F3N6O2S. The summed E-state index contributed by atoms with van der Waals surface area (Å²) in [5.41, 5.74) is -0.452. The lowest BCUT2D eigenvalue weighted by Gasteiger charge is -2.17. The number of hydrogen-bond acceptors (Lipinski definition) is 4. The summed E-state index contributed by atoms with van der Waals surface area (Å²) in [5, 5.41) is 11.6. The van der Waals surface area contributed by atoms with Crippen molar-refractivity contribution in [2.24, 2.45) is 16.5 Å². The molecule has 1 aliphatic rings. The van der Waals surface area contributed by atoms with Crippen LogP contribution in [0.5, 0.6) is 0 Å². The van der Waals surface area contributed by atoms with Crippen molar-refractivity contribution < 1.29 is 22.2 Å². The van der Waals surface area contributed by atoms with Gasteiger partial charge in [-0.1, -0.05) is 0 Å². The number of fused-ring (bicyclic) bond motifs is 1. The average Bonchev–Trinajstić information content (AvgIpc) is 3.17. The second-order valence-corrected chi connectivity index (χ2v) is 7.89. The highest BCUT2D eigenvalue weighted by molar-refractivity contribution is 7.91. The van der Waals surface area contributed by atoms with Gasteiger partial charge in [0.05, 0.1) is 5.69 Å². The Morgan fingerprint density at radius 3 is 2.70 bits per heavy atom. The number of nitrogens with zero attached hydrogens (tertiary/aromatic N) is 4. The smallest absolute Gasteiger partial charge is 0.305 e. The van der Waals surface area contributed by atoms with Crippen LogP contribution in [0.25, 0.3) is 0 Å². The van der Waals surface area contributed by atoms with E-state index >= 15 is 0 Å². The first-order valence-corrected chi connectivity index (χ1v) is 9.52. The van der Waals surface area contributed by atoms with Crippen LogP contribution in [0.1, 0.15) is 28.9 Å². The third-order valence-electron chi connectivity index (χ3n) is 4.18. The van der Waals surface area contributed by atoms with Crippen molar-refractivity contribution in [3.63, 3.8) is 0 Å². The van der Waals surface area contributed by atoms with Crippen LogP contribution in [0.15, 0.2) is 21.7 Å². The molecule has 146 valence electrons. The van der Waals surface area contributed by atoms with Gasteiger partial charge in [0.25, 0.3) is 0 Å². The van der Waals surface area contributed by atoms with Gasteiger partial charge in [-0.15, -0.1) is 4.36 Å². The van der Waals surface area contributed by atoms with E-state index < -0.39 is 27.8 Å². The number of aromatic nitrogens is 3. The van der Waals surface area contributed by atoms with Gasteiger partial charge in [0.2, 0.25) is 0 Å². The van der Waals surface area contributed by atoms with Crippen LogP contribution in [0.4, 0.5) is 23.7 Å². The number of nitrogens with one attached hydrogen (secondary N) is 1. The van der Waals surface area contributed by atoms with E-state index in [1.807, 2.05) is 0 Å². The highest BCUT2D eigenvalue weighted by atomic mass is 32.2. The summed E-state index contributed by atoms with van der Waals surface area (Å²) in [4.78, 5) is 16.0. The minimum Gasteiger partial charge on any atom is -0.305 e. The molecule has 3 rings (SSSR count). The average molecular weight is 402 g/mol. The molecule has 0 saturated carbocycles. The molecule has 8 nitrogen and oxygen atoms in total. The molecule has 2 aromatic heterocycles. The van der Waals surface area contributed by atoms with Crippen molar-refractivity contribution >= 4 is 21.6 Å². The lowest BCUT2D eigenvalue weighted by Crippen LogP contribution is -2.21. The first kappa shape index (κ1) is 19.3. The van der Waals surface area contributed by atoms with Gasteiger partial charge in [0.1, 0.15) is 5.69 Å². The Hall–Kier alpha value is -2.47. The lowest BCUT2D eigenvalue weighted by molar-refractivity contribution is -0.141. The Kier molecular flexibility index (Phi) is 4.72. The number of alkyl halides is 3. The Morgan fingerprint density at radius 2 is 2.11 bits per heavy atom. The van der Waals surface area contributed by atoms with Crippen LogP contribution in [-0.4, -0.2) is 25.0 Å². The molecule has 0 aromatic carbocycles. The van der Waals surface area contributed by atoms with Gasteiger partial charge < -0.3 is 5.32 Å². The van der Waals surface area contributed by atoms with Gasteiger partial charge in [0.15, 0.2) is 14.9 Å². The molecule has 0 unspecified atom stereocenters. The minimum absolute atomic E-state index is 0.00482. The monoisotopic (exact) mass is 402 g/mol. The fourth-order valence-electron chi connectivity index (χ4n) is 2.98. The Bertz CT molecular complexity index is 1040. The summed E-state index contributed by atoms with van der Waals surface area (Å²) in [6.45, 7) is 1.22. The number of nitrogens with two attached hydrogens (primary N) is 1. The second-order valence-electron chi connectivity index (χ2n) is 6.15. The molecule has 27 heavy (non-hydrogen) atoms. The van der Waals surface area contributed by atoms with E-state index in [2.05, 4.69) is 19.8 Å². The van der Waals surface area contributed by atoms with E-state index in [1.165, 1.54) is 23.9 Å². The standard InChI is InChI=1S/C15H17F3N6O2S/c1-8-12(9-4-3-5-10(9)20-13(8)15(16,17)18)21-14(25)23-27(19,26)11-6-7-24(2)22-11/h6-7H,3-5H2,1-2H3,(H3,19,20,21,23,25,26)/t27-/m1/s1. The predicted molar refractivity (Wildman–Crippen MR) is 91.3 cm³/mol. The van der Waals surface area contributed by atoms with Crippen LogP contribution in [0.2, 0.25) is 0 Å². The van der Waals surface area contributed by atoms with Gasteiger partial charge in [0, 0.05) is 24.5 Å². The highest BCUT2D eigenvalue weighted by Gasteiger charge is 2.37. The highest BCUT2D eigenvalue weighted by Crippen LogP contribution is 2.38. The molecular weight excluding hydrogens is 385 g/mol. The maximum atomic E-state index is 13.3. The number of hydrogen-bond donors (Lipinski definition) is 2. The number of carbonyl (C=O) groups is 1. The Labute approximate surface area is 153 Å². The Morgan fingerprint density at radius 1 is 1.41 bits per heavy atom. The number of aryl methyl sites for hydroxylation is 2. The minimum atomic E-state index is -4.66. The largest absolute Gasteiger partial charge is 0.433 e. The first-order valence-electron chi connectivity index (χ1n) is 7.94. The van der Waals surface area contributed by atoms with E-state index in [1.54, 1.807) is 7.05 Å². The molecule has 0 radical (unpaired) electrons. The summed E-state index contributed by atoms with van der Waals surface area (Å²) in [6.07, 6.45) is -1.68. The number of halogens is 3. The van der Waals surface area contributed by atoms with E-state index in [-0.39, 0.29) is 16.3 Å². The molecule has 0 fully saturated rings. The molecule has 0 aliphatic heterocycles. The summed E-state index contributed by atoms with van der Waals surface area (Å²) < 4.78 is 57.0. The van der Waals surface area contributed by atoms with Crippen LogP contribution in [0, 0.1) is 6.92 Å². The number of amides is 2. The maximum Gasteiger partial charge on any atom is 0.433 e. The summed E-state index contributed by atoms with van der Waals surface area (Å²) in [6, 6.07) is 0.237. The zero-order chi connectivity index (χ0) is 20.0. The first-order chi connectivity index (χ1) is 12.5. The SMILES string of the molecule is Cc1c(C(F)(F)F)nc2c(c1NC(=O)N=[S@@](N)(=O)c1ccn(C)n1)CCC2. The summed E-state index contributed by atoms with van der Waals surface area (Å²) >= 11 is 0. The molecule has 2 aromatic rings. The molecule has 12 heteroatoms. The molecule has 0 spiro atoms. The lowest BCUT2D eigenvalue weighted by atomic mass is 10.1. The summed E-state index contributed by atoms with van der Waals surface area (Å²) in [7, 11) is -2.06. The van der Waals surface area contributed by atoms with Gasteiger partial charge in [-0.25, -0.2) is 19.1 Å². The fraction of sp³-hybridized carbons (Fsp3) is 0.400. The van der Waals surface area contributed by atoms with Gasteiger partial charge in [-0.05, 0) is 37.8 Å². The van der Waals surface area contributed by atoms with E-state index in [0.29, 0.717) is 30.5 Å². The van der Waals surface area contributed by atoms with Gasteiger partial charge >= 0.3 is 12.2 Å². The maximum absolute atomic E-state index is 13.3.